The molecule has 1 saturated carbocycles. The van der Waals surface area contributed by atoms with Crippen LogP contribution in [-0.2, 0) is 4.79 Å². The number of aliphatic hydroxyl groups is 1. The van der Waals surface area contributed by atoms with Crippen molar-refractivity contribution in [1.82, 2.24) is 9.80 Å². The predicted molar refractivity (Wildman–Crippen MR) is 83.3 cm³/mol. The summed E-state index contributed by atoms with van der Waals surface area (Å²) in [5.41, 5.74) is 0. The van der Waals surface area contributed by atoms with Gasteiger partial charge in [-0.2, -0.15) is 0 Å². The van der Waals surface area contributed by atoms with Gasteiger partial charge in [0.2, 0.25) is 5.91 Å². The van der Waals surface area contributed by atoms with Gasteiger partial charge in [-0.3, -0.25) is 9.69 Å². The standard InChI is InChI=1S/C17H26N2O3/c1-2-18(13-7-8-13)12-17(21)19-9-3-5-14(19)11-15(20)16-6-4-10-22-16/h4,6,10,13-15,20H,2-3,5,7-9,11-12H2,1H3. The maximum Gasteiger partial charge on any atom is 0.237 e. The molecule has 3 rings (SSSR count). The zero-order valence-electron chi connectivity index (χ0n) is 13.3. The Morgan fingerprint density at radius 3 is 2.95 bits per heavy atom. The van der Waals surface area contributed by atoms with Gasteiger partial charge in [0.25, 0.3) is 0 Å². The Morgan fingerprint density at radius 2 is 2.32 bits per heavy atom. The lowest BCUT2D eigenvalue weighted by molar-refractivity contribution is -0.133. The fraction of sp³-hybridized carbons (Fsp3) is 0.706. The molecule has 2 unspecified atom stereocenters. The largest absolute Gasteiger partial charge is 0.467 e. The Hall–Kier alpha value is -1.33. The van der Waals surface area contributed by atoms with Gasteiger partial charge in [-0.1, -0.05) is 6.92 Å². The number of likely N-dealkylation sites (N-methyl/N-ethyl adjacent to an activating group) is 1. The second-order valence-corrected chi connectivity index (χ2v) is 6.44. The number of furan rings is 1. The van der Waals surface area contributed by atoms with E-state index in [1.165, 1.54) is 12.8 Å². The number of amides is 1. The molecule has 0 aromatic carbocycles. The van der Waals surface area contributed by atoms with Crippen LogP contribution in [0.1, 0.15) is 50.9 Å². The topological polar surface area (TPSA) is 56.9 Å². The number of nitrogens with zero attached hydrogens (tertiary/aromatic N) is 2. The molecule has 1 aliphatic carbocycles. The van der Waals surface area contributed by atoms with Crippen molar-refractivity contribution in [3.05, 3.63) is 24.2 Å². The lowest BCUT2D eigenvalue weighted by atomic mass is 10.1. The fourth-order valence-corrected chi connectivity index (χ4v) is 3.47. The minimum Gasteiger partial charge on any atom is -0.467 e. The normalized spacial score (nSPS) is 23.2. The van der Waals surface area contributed by atoms with Crippen molar-refractivity contribution in [2.75, 3.05) is 19.6 Å². The lowest BCUT2D eigenvalue weighted by Crippen LogP contribution is -2.43. The molecule has 22 heavy (non-hydrogen) atoms. The highest BCUT2D eigenvalue weighted by molar-refractivity contribution is 5.79. The van der Waals surface area contributed by atoms with Crippen LogP contribution in [-0.4, -0.2) is 52.5 Å². The number of aliphatic hydroxyl groups excluding tert-OH is 1. The zero-order valence-corrected chi connectivity index (χ0v) is 13.3. The van der Waals surface area contributed by atoms with Crippen LogP contribution in [0.4, 0.5) is 0 Å². The smallest absolute Gasteiger partial charge is 0.237 e. The Labute approximate surface area is 131 Å². The van der Waals surface area contributed by atoms with Crippen LogP contribution >= 0.6 is 0 Å². The highest BCUT2D eigenvalue weighted by Gasteiger charge is 2.34. The second-order valence-electron chi connectivity index (χ2n) is 6.44. The van der Waals surface area contributed by atoms with E-state index in [0.29, 0.717) is 24.8 Å². The molecule has 2 aliphatic rings. The Bertz CT molecular complexity index is 484. The first kappa shape index (κ1) is 15.6. The molecule has 0 radical (unpaired) electrons. The number of hydrogen-bond acceptors (Lipinski definition) is 4. The van der Waals surface area contributed by atoms with Gasteiger partial charge in [-0.15, -0.1) is 0 Å². The molecule has 1 saturated heterocycles. The van der Waals surface area contributed by atoms with Crippen molar-refractivity contribution in [2.24, 2.45) is 0 Å². The molecule has 0 bridgehead atoms. The zero-order chi connectivity index (χ0) is 15.5. The molecular weight excluding hydrogens is 280 g/mol. The van der Waals surface area contributed by atoms with Crippen molar-refractivity contribution in [2.45, 2.75) is 57.2 Å². The number of rotatable bonds is 7. The maximum absolute atomic E-state index is 12.6. The van der Waals surface area contributed by atoms with Crippen LogP contribution < -0.4 is 0 Å². The quantitative estimate of drug-likeness (QED) is 0.839. The van der Waals surface area contributed by atoms with Gasteiger partial charge in [-0.05, 0) is 44.4 Å². The number of likely N-dealkylation sites (tertiary alicyclic amines) is 1. The van der Waals surface area contributed by atoms with Gasteiger partial charge in [0.05, 0.1) is 12.8 Å². The molecule has 1 aromatic heterocycles. The summed E-state index contributed by atoms with van der Waals surface area (Å²) in [5, 5.41) is 10.3. The summed E-state index contributed by atoms with van der Waals surface area (Å²) in [6.45, 7) is 4.39. The Morgan fingerprint density at radius 1 is 1.50 bits per heavy atom. The van der Waals surface area contributed by atoms with Gasteiger partial charge in [0.1, 0.15) is 11.9 Å². The van der Waals surface area contributed by atoms with E-state index in [0.717, 1.165) is 25.9 Å². The predicted octanol–water partition coefficient (Wildman–Crippen LogP) is 2.18. The molecular formula is C17H26N2O3. The summed E-state index contributed by atoms with van der Waals surface area (Å²) in [7, 11) is 0. The monoisotopic (exact) mass is 306 g/mol. The van der Waals surface area contributed by atoms with Gasteiger partial charge >= 0.3 is 0 Å². The molecule has 2 atom stereocenters. The van der Waals surface area contributed by atoms with E-state index in [2.05, 4.69) is 11.8 Å². The first-order valence-corrected chi connectivity index (χ1v) is 8.44. The molecule has 1 amide bonds. The van der Waals surface area contributed by atoms with Gasteiger partial charge in [0.15, 0.2) is 0 Å². The SMILES string of the molecule is CCN(CC(=O)N1CCCC1CC(O)c1ccco1)C1CC1. The maximum atomic E-state index is 12.6. The summed E-state index contributed by atoms with van der Waals surface area (Å²) in [6, 6.07) is 4.32. The summed E-state index contributed by atoms with van der Waals surface area (Å²) in [5.74, 6) is 0.801. The number of hydrogen-bond donors (Lipinski definition) is 1. The molecule has 5 heteroatoms. The van der Waals surface area contributed by atoms with Crippen molar-refractivity contribution >= 4 is 5.91 Å². The van der Waals surface area contributed by atoms with Crippen LogP contribution in [0.3, 0.4) is 0 Å². The summed E-state index contributed by atoms with van der Waals surface area (Å²) in [4.78, 5) is 16.9. The number of carbonyl (C=O) groups is 1. The van der Waals surface area contributed by atoms with Crippen LogP contribution in [0, 0.1) is 0 Å². The van der Waals surface area contributed by atoms with Crippen molar-refractivity contribution in [3.63, 3.8) is 0 Å². The molecule has 2 heterocycles. The Kier molecular flexibility index (Phi) is 4.84. The van der Waals surface area contributed by atoms with E-state index >= 15 is 0 Å². The molecule has 0 spiro atoms. The van der Waals surface area contributed by atoms with E-state index in [1.54, 1.807) is 18.4 Å². The molecule has 1 aromatic rings. The van der Waals surface area contributed by atoms with E-state index in [4.69, 9.17) is 4.42 Å². The first-order chi connectivity index (χ1) is 10.7. The van der Waals surface area contributed by atoms with Crippen molar-refractivity contribution < 1.29 is 14.3 Å². The number of carbonyl (C=O) groups excluding carboxylic acids is 1. The van der Waals surface area contributed by atoms with Crippen LogP contribution in [0.25, 0.3) is 0 Å². The van der Waals surface area contributed by atoms with Crippen molar-refractivity contribution in [1.29, 1.82) is 0 Å². The van der Waals surface area contributed by atoms with Crippen LogP contribution in [0.2, 0.25) is 0 Å². The molecule has 1 N–H and O–H groups in total. The van der Waals surface area contributed by atoms with E-state index < -0.39 is 6.10 Å². The van der Waals surface area contributed by atoms with Gasteiger partial charge < -0.3 is 14.4 Å². The van der Waals surface area contributed by atoms with E-state index in [9.17, 15) is 9.90 Å². The molecule has 5 nitrogen and oxygen atoms in total. The molecule has 2 fully saturated rings. The fourth-order valence-electron chi connectivity index (χ4n) is 3.47. The van der Waals surface area contributed by atoms with Gasteiger partial charge in [-0.25, -0.2) is 0 Å². The van der Waals surface area contributed by atoms with E-state index in [-0.39, 0.29) is 11.9 Å². The highest BCUT2D eigenvalue weighted by atomic mass is 16.4. The average Bonchev–Trinajstić information content (AvgIpc) is 3.03. The highest BCUT2D eigenvalue weighted by Crippen LogP contribution is 2.29. The van der Waals surface area contributed by atoms with Crippen LogP contribution in [0.5, 0.6) is 0 Å². The summed E-state index contributed by atoms with van der Waals surface area (Å²) < 4.78 is 5.26. The summed E-state index contributed by atoms with van der Waals surface area (Å²) in [6.07, 6.45) is 5.96. The third kappa shape index (κ3) is 3.52. The minimum atomic E-state index is -0.626. The van der Waals surface area contributed by atoms with Crippen molar-refractivity contribution in [3.8, 4) is 0 Å². The van der Waals surface area contributed by atoms with Crippen LogP contribution in [0.15, 0.2) is 22.8 Å². The molecule has 122 valence electrons. The minimum absolute atomic E-state index is 0.130. The van der Waals surface area contributed by atoms with Gasteiger partial charge in [0, 0.05) is 25.0 Å². The second kappa shape index (κ2) is 6.84. The average molecular weight is 306 g/mol. The lowest BCUT2D eigenvalue weighted by Gasteiger charge is -2.29. The third-order valence-corrected chi connectivity index (χ3v) is 4.87. The summed E-state index contributed by atoms with van der Waals surface area (Å²) >= 11 is 0. The Balaban J connectivity index is 1.56. The van der Waals surface area contributed by atoms with E-state index in [1.807, 2.05) is 4.90 Å². The molecule has 1 aliphatic heterocycles. The third-order valence-electron chi connectivity index (χ3n) is 4.87. The first-order valence-electron chi connectivity index (χ1n) is 8.44.